The Labute approximate surface area is 147 Å². The molecule has 0 saturated carbocycles. The Balaban J connectivity index is 1.74. The standard InChI is InChI=1S/C19H21N5O/c1-14-13-24(17-9-5-4-6-10-17)22-18(14)21-19(25)23(3)15(2)16-8-7-11-20-12-16/h4-13,15H,1-3H3,(H,21,22,25). The number of carbonyl (C=O) groups is 1. The molecule has 0 saturated heterocycles. The molecule has 2 aromatic heterocycles. The van der Waals surface area contributed by atoms with Crippen molar-refractivity contribution in [3.63, 3.8) is 0 Å². The molecule has 0 aliphatic carbocycles. The highest BCUT2D eigenvalue weighted by Gasteiger charge is 2.19. The first-order chi connectivity index (χ1) is 12.1. The van der Waals surface area contributed by atoms with Gasteiger partial charge in [0.25, 0.3) is 0 Å². The van der Waals surface area contributed by atoms with Crippen molar-refractivity contribution in [3.8, 4) is 5.69 Å². The summed E-state index contributed by atoms with van der Waals surface area (Å²) in [5.41, 5.74) is 2.83. The highest BCUT2D eigenvalue weighted by Crippen LogP contribution is 2.20. The molecule has 0 bridgehead atoms. The van der Waals surface area contributed by atoms with E-state index in [1.165, 1.54) is 0 Å². The summed E-state index contributed by atoms with van der Waals surface area (Å²) in [6.45, 7) is 3.89. The van der Waals surface area contributed by atoms with Gasteiger partial charge in [-0.15, -0.1) is 5.10 Å². The van der Waals surface area contributed by atoms with Gasteiger partial charge in [0.1, 0.15) is 0 Å². The van der Waals surface area contributed by atoms with E-state index in [9.17, 15) is 4.79 Å². The number of nitrogens with one attached hydrogen (secondary N) is 1. The summed E-state index contributed by atoms with van der Waals surface area (Å²) >= 11 is 0. The summed E-state index contributed by atoms with van der Waals surface area (Å²) in [5, 5.41) is 7.37. The maximum atomic E-state index is 12.6. The van der Waals surface area contributed by atoms with Crippen LogP contribution < -0.4 is 5.32 Å². The molecule has 0 aliphatic rings. The van der Waals surface area contributed by atoms with Crippen LogP contribution in [0.15, 0.2) is 61.1 Å². The summed E-state index contributed by atoms with van der Waals surface area (Å²) < 4.78 is 1.76. The summed E-state index contributed by atoms with van der Waals surface area (Å²) in [4.78, 5) is 18.3. The third-order valence-electron chi connectivity index (χ3n) is 4.21. The number of aryl methyl sites for hydroxylation is 1. The summed E-state index contributed by atoms with van der Waals surface area (Å²) in [6, 6.07) is 13.3. The lowest BCUT2D eigenvalue weighted by molar-refractivity contribution is 0.208. The Morgan fingerprint density at radius 1 is 1.20 bits per heavy atom. The van der Waals surface area contributed by atoms with E-state index in [1.54, 1.807) is 29.0 Å². The highest BCUT2D eigenvalue weighted by molar-refractivity contribution is 5.89. The van der Waals surface area contributed by atoms with Crippen LogP contribution in [0.5, 0.6) is 0 Å². The topological polar surface area (TPSA) is 63.1 Å². The molecule has 1 aromatic carbocycles. The Morgan fingerprint density at radius 2 is 1.96 bits per heavy atom. The van der Waals surface area contributed by atoms with E-state index < -0.39 is 0 Å². The van der Waals surface area contributed by atoms with Gasteiger partial charge >= 0.3 is 6.03 Å². The lowest BCUT2D eigenvalue weighted by Gasteiger charge is -2.25. The van der Waals surface area contributed by atoms with Crippen molar-refractivity contribution in [2.75, 3.05) is 12.4 Å². The van der Waals surface area contributed by atoms with Crippen LogP contribution >= 0.6 is 0 Å². The predicted molar refractivity (Wildman–Crippen MR) is 97.7 cm³/mol. The monoisotopic (exact) mass is 335 g/mol. The van der Waals surface area contributed by atoms with Crippen LogP contribution in [-0.2, 0) is 0 Å². The van der Waals surface area contributed by atoms with Crippen LogP contribution in [0.25, 0.3) is 5.69 Å². The number of hydrogen-bond donors (Lipinski definition) is 1. The fraction of sp³-hybridized carbons (Fsp3) is 0.211. The van der Waals surface area contributed by atoms with Crippen molar-refractivity contribution in [2.24, 2.45) is 0 Å². The van der Waals surface area contributed by atoms with Gasteiger partial charge in [-0.25, -0.2) is 9.48 Å². The third-order valence-corrected chi connectivity index (χ3v) is 4.21. The van der Waals surface area contributed by atoms with Crippen LogP contribution in [0, 0.1) is 6.92 Å². The van der Waals surface area contributed by atoms with Gasteiger partial charge in [0, 0.05) is 31.2 Å². The zero-order valence-corrected chi connectivity index (χ0v) is 14.5. The molecule has 2 heterocycles. The number of nitrogens with zero attached hydrogens (tertiary/aromatic N) is 4. The SMILES string of the molecule is Cc1cn(-c2ccccc2)nc1NC(=O)N(C)C(C)c1cccnc1. The van der Waals surface area contributed by atoms with E-state index in [4.69, 9.17) is 0 Å². The molecule has 6 nitrogen and oxygen atoms in total. The molecule has 1 unspecified atom stereocenters. The predicted octanol–water partition coefficient (Wildman–Crippen LogP) is 3.80. The van der Waals surface area contributed by atoms with Crippen LogP contribution in [0.2, 0.25) is 0 Å². The number of benzene rings is 1. The second-order valence-electron chi connectivity index (χ2n) is 5.94. The number of para-hydroxylation sites is 1. The molecule has 0 aliphatic heterocycles. The smallest absolute Gasteiger partial charge is 0.321 e. The van der Waals surface area contributed by atoms with Gasteiger partial charge in [-0.2, -0.15) is 0 Å². The van der Waals surface area contributed by atoms with Gasteiger partial charge in [-0.1, -0.05) is 24.3 Å². The molecule has 1 atom stereocenters. The van der Waals surface area contributed by atoms with Crippen molar-refractivity contribution in [3.05, 3.63) is 72.2 Å². The molecule has 3 aromatic rings. The fourth-order valence-corrected chi connectivity index (χ4v) is 2.51. The van der Waals surface area contributed by atoms with Gasteiger partial charge in [-0.05, 0) is 37.6 Å². The van der Waals surface area contributed by atoms with Gasteiger partial charge in [0.2, 0.25) is 0 Å². The maximum absolute atomic E-state index is 12.6. The molecule has 1 N–H and O–H groups in total. The molecule has 128 valence electrons. The first kappa shape index (κ1) is 16.7. The summed E-state index contributed by atoms with van der Waals surface area (Å²) in [6.07, 6.45) is 5.38. The maximum Gasteiger partial charge on any atom is 0.323 e. The van der Waals surface area contributed by atoms with Crippen LogP contribution in [0.1, 0.15) is 24.1 Å². The number of hydrogen-bond acceptors (Lipinski definition) is 3. The molecule has 0 radical (unpaired) electrons. The van der Waals surface area contributed by atoms with Gasteiger partial charge in [0.15, 0.2) is 5.82 Å². The van der Waals surface area contributed by atoms with Crippen molar-refractivity contribution < 1.29 is 4.79 Å². The van der Waals surface area contributed by atoms with Crippen molar-refractivity contribution in [2.45, 2.75) is 19.9 Å². The number of aromatic nitrogens is 3. The van der Waals surface area contributed by atoms with E-state index in [0.29, 0.717) is 5.82 Å². The van der Waals surface area contributed by atoms with E-state index in [2.05, 4.69) is 15.4 Å². The number of amides is 2. The minimum absolute atomic E-state index is 0.0924. The minimum Gasteiger partial charge on any atom is -0.321 e. The number of carbonyl (C=O) groups excluding carboxylic acids is 1. The third kappa shape index (κ3) is 3.68. The van der Waals surface area contributed by atoms with E-state index >= 15 is 0 Å². The van der Waals surface area contributed by atoms with E-state index in [-0.39, 0.29) is 12.1 Å². The van der Waals surface area contributed by atoms with Crippen molar-refractivity contribution in [1.82, 2.24) is 19.7 Å². The fourth-order valence-electron chi connectivity index (χ4n) is 2.51. The lowest BCUT2D eigenvalue weighted by atomic mass is 10.1. The van der Waals surface area contributed by atoms with Crippen molar-refractivity contribution in [1.29, 1.82) is 0 Å². The van der Waals surface area contributed by atoms with Crippen LogP contribution in [0.4, 0.5) is 10.6 Å². The molecule has 6 heteroatoms. The second kappa shape index (κ2) is 7.17. The number of pyridine rings is 1. The lowest BCUT2D eigenvalue weighted by Crippen LogP contribution is -2.34. The van der Waals surface area contributed by atoms with Gasteiger partial charge in [0.05, 0.1) is 11.7 Å². The first-order valence-corrected chi connectivity index (χ1v) is 8.11. The van der Waals surface area contributed by atoms with Gasteiger partial charge < -0.3 is 4.90 Å². The molecule has 0 spiro atoms. The summed E-state index contributed by atoms with van der Waals surface area (Å²) in [5.74, 6) is 0.555. The van der Waals surface area contributed by atoms with E-state index in [1.807, 2.05) is 62.5 Å². The zero-order valence-electron chi connectivity index (χ0n) is 14.5. The molecule has 3 rings (SSSR count). The Hall–Kier alpha value is -3.15. The number of anilines is 1. The van der Waals surface area contributed by atoms with E-state index in [0.717, 1.165) is 16.8 Å². The molecule has 2 amide bonds. The Morgan fingerprint density at radius 3 is 2.64 bits per heavy atom. The van der Waals surface area contributed by atoms with Crippen molar-refractivity contribution >= 4 is 11.8 Å². The average molecular weight is 335 g/mol. The second-order valence-corrected chi connectivity index (χ2v) is 5.94. The van der Waals surface area contributed by atoms with Gasteiger partial charge in [-0.3, -0.25) is 10.3 Å². The molecule has 25 heavy (non-hydrogen) atoms. The molecular formula is C19H21N5O. The number of urea groups is 1. The molecule has 0 fully saturated rings. The quantitative estimate of drug-likeness (QED) is 0.789. The summed E-state index contributed by atoms with van der Waals surface area (Å²) in [7, 11) is 1.76. The average Bonchev–Trinajstić information content (AvgIpc) is 3.02. The zero-order chi connectivity index (χ0) is 17.8. The molecular weight excluding hydrogens is 314 g/mol. The largest absolute Gasteiger partial charge is 0.323 e. The normalized spacial score (nSPS) is 11.8. The minimum atomic E-state index is -0.210. The first-order valence-electron chi connectivity index (χ1n) is 8.11. The van der Waals surface area contributed by atoms with Crippen LogP contribution in [0.3, 0.4) is 0 Å². The number of rotatable bonds is 4. The Kier molecular flexibility index (Phi) is 4.79. The highest BCUT2D eigenvalue weighted by atomic mass is 16.2. The Bertz CT molecular complexity index is 845. The van der Waals surface area contributed by atoms with Crippen LogP contribution in [-0.4, -0.2) is 32.7 Å².